The molecule has 12 heteroatoms. The average molecular weight is 735 g/mol. The van der Waals surface area contributed by atoms with Crippen molar-refractivity contribution < 1.29 is 33.8 Å². The van der Waals surface area contributed by atoms with Gasteiger partial charge in [-0.15, -0.1) is 0 Å². The second-order valence-corrected chi connectivity index (χ2v) is 15.1. The van der Waals surface area contributed by atoms with Crippen LogP contribution in [0.3, 0.4) is 0 Å². The summed E-state index contributed by atoms with van der Waals surface area (Å²) in [6.45, 7) is 15.2. The van der Waals surface area contributed by atoms with E-state index in [1.54, 1.807) is 0 Å². The van der Waals surface area contributed by atoms with Gasteiger partial charge < -0.3 is 31.1 Å². The quantitative estimate of drug-likeness (QED) is 0.131. The predicted molar refractivity (Wildman–Crippen MR) is 204 cm³/mol. The van der Waals surface area contributed by atoms with Crippen LogP contribution in [0.15, 0.2) is 60.7 Å². The van der Waals surface area contributed by atoms with Crippen molar-refractivity contribution in [2.24, 2.45) is 11.8 Å². The number of carbonyl (C=O) groups is 5. The minimum absolute atomic E-state index is 0.0101. The molecule has 5 atom stereocenters. The second-order valence-electron chi connectivity index (χ2n) is 15.1. The zero-order chi connectivity index (χ0) is 39.0. The number of ketones is 1. The molecule has 5 N–H and O–H groups in total. The molecule has 53 heavy (non-hydrogen) atoms. The number of morpholine rings is 1. The van der Waals surface area contributed by atoms with Crippen molar-refractivity contribution in [1.29, 1.82) is 0 Å². The lowest BCUT2D eigenvalue weighted by Gasteiger charge is -2.30. The Labute approximate surface area is 315 Å². The molecule has 3 rings (SSSR count). The molecule has 0 aliphatic carbocycles. The van der Waals surface area contributed by atoms with Gasteiger partial charge in [0.15, 0.2) is 5.78 Å². The zero-order valence-electron chi connectivity index (χ0n) is 32.1. The first-order valence-electron chi connectivity index (χ1n) is 18.8. The molecular formula is C41H60N5O7. The summed E-state index contributed by atoms with van der Waals surface area (Å²) in [7, 11) is 0. The summed E-state index contributed by atoms with van der Waals surface area (Å²) in [4.78, 5) is 70.5. The fraction of sp³-hybridized carbons (Fsp3) is 0.561. The van der Waals surface area contributed by atoms with Crippen LogP contribution in [-0.4, -0.2) is 102 Å². The molecule has 1 radical (unpaired) electrons. The maximum absolute atomic E-state index is 14.1. The largest absolute Gasteiger partial charge is 0.382 e. The molecule has 291 valence electrons. The number of hydrogen-bond donors (Lipinski definition) is 5. The van der Waals surface area contributed by atoms with Gasteiger partial charge in [0.25, 0.3) is 0 Å². The highest BCUT2D eigenvalue weighted by Crippen LogP contribution is 2.18. The van der Waals surface area contributed by atoms with E-state index in [1.165, 1.54) is 6.92 Å². The van der Waals surface area contributed by atoms with Crippen molar-refractivity contribution in [3.05, 3.63) is 78.7 Å². The van der Waals surface area contributed by atoms with Crippen molar-refractivity contribution in [1.82, 2.24) is 26.2 Å². The molecule has 1 aliphatic heterocycles. The molecule has 1 heterocycles. The minimum atomic E-state index is -1.74. The van der Waals surface area contributed by atoms with Crippen LogP contribution >= 0.6 is 0 Å². The van der Waals surface area contributed by atoms with Crippen LogP contribution in [0.1, 0.15) is 71.4 Å². The Morgan fingerprint density at radius 3 is 1.79 bits per heavy atom. The monoisotopic (exact) mass is 734 g/mol. The molecule has 2 aromatic carbocycles. The van der Waals surface area contributed by atoms with E-state index >= 15 is 0 Å². The standard InChI is InChI=1S/C41H60N5O7/c1-7-41(6,52)37(48)33(24-28(2)3)43-40(51)35(26-31-16-12-9-13-17-31)45-39(50)34(25-29(4)5)44-38(49)32(19-18-30-14-10-8-11-15-30)42-36(47)27-46-20-22-53-23-21-46/h8-17,28-29,32-35,52H,1,7,18-27H2,2-6H3,(H,42,47)(H,43,51)(H,44,49)(H,45,50)/t32-,33-,34-,35-,41?/m0/s1. The lowest BCUT2D eigenvalue weighted by molar-refractivity contribution is -0.141. The van der Waals surface area contributed by atoms with Crippen molar-refractivity contribution in [3.63, 3.8) is 0 Å². The van der Waals surface area contributed by atoms with E-state index < -0.39 is 53.3 Å². The van der Waals surface area contributed by atoms with Crippen molar-refractivity contribution in [2.45, 2.75) is 103 Å². The fourth-order valence-electron chi connectivity index (χ4n) is 6.21. The predicted octanol–water partition coefficient (Wildman–Crippen LogP) is 2.77. The number of rotatable bonds is 21. The first kappa shape index (κ1) is 43.3. The summed E-state index contributed by atoms with van der Waals surface area (Å²) in [5.74, 6) is -2.51. The van der Waals surface area contributed by atoms with Gasteiger partial charge in [0.2, 0.25) is 23.6 Å². The number of nitrogens with zero attached hydrogens (tertiary/aromatic N) is 1. The molecule has 1 fully saturated rings. The third-order valence-corrected chi connectivity index (χ3v) is 9.30. The van der Waals surface area contributed by atoms with Gasteiger partial charge in [-0.2, -0.15) is 0 Å². The molecule has 0 saturated carbocycles. The zero-order valence-corrected chi connectivity index (χ0v) is 32.1. The molecule has 1 aliphatic rings. The minimum Gasteiger partial charge on any atom is -0.382 e. The summed E-state index contributed by atoms with van der Waals surface area (Å²) in [6, 6.07) is 14.8. The summed E-state index contributed by atoms with van der Waals surface area (Å²) in [5.41, 5.74) is 0.0366. The van der Waals surface area contributed by atoms with E-state index in [-0.39, 0.29) is 50.0 Å². The van der Waals surface area contributed by atoms with E-state index in [2.05, 4.69) is 28.2 Å². The molecule has 2 aromatic rings. The van der Waals surface area contributed by atoms with Gasteiger partial charge in [0, 0.05) is 19.5 Å². The van der Waals surface area contributed by atoms with Crippen LogP contribution in [0.4, 0.5) is 0 Å². The Hall–Kier alpha value is -4.13. The Balaban J connectivity index is 1.84. The lowest BCUT2D eigenvalue weighted by Crippen LogP contribution is -2.59. The molecule has 4 amide bonds. The topological polar surface area (TPSA) is 166 Å². The number of carbonyl (C=O) groups excluding carboxylic acids is 5. The summed E-state index contributed by atoms with van der Waals surface area (Å²) in [6.07, 6.45) is 1.42. The van der Waals surface area contributed by atoms with Crippen LogP contribution in [-0.2, 0) is 41.6 Å². The highest BCUT2D eigenvalue weighted by molar-refractivity contribution is 5.97. The van der Waals surface area contributed by atoms with Gasteiger partial charge in [-0.05, 0) is 62.0 Å². The van der Waals surface area contributed by atoms with E-state index in [0.717, 1.165) is 11.1 Å². The molecule has 0 spiro atoms. The second kappa shape index (κ2) is 21.5. The number of ether oxygens (including phenoxy) is 1. The summed E-state index contributed by atoms with van der Waals surface area (Å²) in [5, 5.41) is 22.2. The van der Waals surface area contributed by atoms with Gasteiger partial charge in [-0.25, -0.2) is 0 Å². The Bertz CT molecular complexity index is 1460. The summed E-state index contributed by atoms with van der Waals surface area (Å²) >= 11 is 0. The Kier molecular flexibility index (Phi) is 17.6. The third-order valence-electron chi connectivity index (χ3n) is 9.30. The average Bonchev–Trinajstić information content (AvgIpc) is 3.12. The van der Waals surface area contributed by atoms with Crippen molar-refractivity contribution in [2.75, 3.05) is 32.8 Å². The molecule has 1 unspecified atom stereocenters. The SMILES string of the molecule is [CH2]CC(C)(O)C(=O)[C@H](CC(C)C)NC(=O)[C@H](Cc1ccccc1)NC(=O)[C@H](CC(C)C)NC(=O)[C@H](CCc1ccccc1)NC(=O)CN1CCOCC1. The first-order valence-corrected chi connectivity index (χ1v) is 18.8. The Morgan fingerprint density at radius 2 is 1.23 bits per heavy atom. The number of nitrogens with one attached hydrogen (secondary N) is 4. The normalized spacial score (nSPS) is 16.8. The number of aliphatic hydroxyl groups is 1. The fourth-order valence-corrected chi connectivity index (χ4v) is 6.21. The van der Waals surface area contributed by atoms with E-state index in [1.807, 2.05) is 93.3 Å². The van der Waals surface area contributed by atoms with Gasteiger partial charge in [0.05, 0.1) is 25.8 Å². The van der Waals surface area contributed by atoms with Gasteiger partial charge in [-0.3, -0.25) is 28.9 Å². The van der Waals surface area contributed by atoms with Gasteiger partial charge in [0.1, 0.15) is 23.7 Å². The smallest absolute Gasteiger partial charge is 0.243 e. The van der Waals surface area contributed by atoms with Crippen LogP contribution in [0.25, 0.3) is 0 Å². The number of benzene rings is 2. The number of hydrogen-bond acceptors (Lipinski definition) is 8. The van der Waals surface area contributed by atoms with Crippen molar-refractivity contribution >= 4 is 29.4 Å². The maximum Gasteiger partial charge on any atom is 0.243 e. The molecular weight excluding hydrogens is 674 g/mol. The van der Waals surface area contributed by atoms with E-state index in [4.69, 9.17) is 4.74 Å². The number of Topliss-reactive ketones (excluding diaryl/α,β-unsaturated/α-hetero) is 1. The molecule has 1 saturated heterocycles. The third kappa shape index (κ3) is 15.0. The highest BCUT2D eigenvalue weighted by Gasteiger charge is 2.37. The lowest BCUT2D eigenvalue weighted by atomic mass is 9.88. The molecule has 0 aromatic heterocycles. The first-order chi connectivity index (χ1) is 25.2. The van der Waals surface area contributed by atoms with E-state index in [9.17, 15) is 29.1 Å². The molecule has 12 nitrogen and oxygen atoms in total. The maximum atomic E-state index is 14.1. The highest BCUT2D eigenvalue weighted by atomic mass is 16.5. The van der Waals surface area contributed by atoms with Crippen LogP contribution < -0.4 is 21.3 Å². The van der Waals surface area contributed by atoms with Crippen molar-refractivity contribution in [3.8, 4) is 0 Å². The van der Waals surface area contributed by atoms with Crippen LogP contribution in [0.5, 0.6) is 0 Å². The van der Waals surface area contributed by atoms with Gasteiger partial charge >= 0.3 is 0 Å². The Morgan fingerprint density at radius 1 is 0.736 bits per heavy atom. The summed E-state index contributed by atoms with van der Waals surface area (Å²) < 4.78 is 5.40. The van der Waals surface area contributed by atoms with E-state index in [0.29, 0.717) is 39.1 Å². The van der Waals surface area contributed by atoms with Gasteiger partial charge in [-0.1, -0.05) is 95.3 Å². The molecule has 0 bridgehead atoms. The van der Waals surface area contributed by atoms with Crippen LogP contribution in [0, 0.1) is 18.8 Å². The number of amides is 4. The number of aryl methyl sites for hydroxylation is 1. The van der Waals surface area contributed by atoms with Crippen LogP contribution in [0.2, 0.25) is 0 Å².